The van der Waals surface area contributed by atoms with E-state index in [1.807, 2.05) is 30.3 Å². The van der Waals surface area contributed by atoms with Crippen molar-refractivity contribution in [2.24, 2.45) is 0 Å². The molecular formula is C30H31N3O2. The average Bonchev–Trinajstić information content (AvgIpc) is 2.88. The van der Waals surface area contributed by atoms with Crippen molar-refractivity contribution in [3.63, 3.8) is 0 Å². The summed E-state index contributed by atoms with van der Waals surface area (Å²) in [6.07, 6.45) is 7.89. The van der Waals surface area contributed by atoms with Gasteiger partial charge in [0.15, 0.2) is 0 Å². The number of aliphatic hydroxyl groups is 1. The Morgan fingerprint density at radius 1 is 0.886 bits per heavy atom. The van der Waals surface area contributed by atoms with Crippen LogP contribution in [0.1, 0.15) is 12.8 Å². The van der Waals surface area contributed by atoms with Crippen LogP contribution in [0.15, 0.2) is 91.1 Å². The molecular weight excluding hydrogens is 434 g/mol. The molecule has 2 bridgehead atoms. The number of benzene rings is 3. The van der Waals surface area contributed by atoms with Gasteiger partial charge in [0.25, 0.3) is 0 Å². The van der Waals surface area contributed by atoms with Crippen LogP contribution < -0.4 is 9.64 Å². The molecule has 4 aromatic rings. The van der Waals surface area contributed by atoms with E-state index < -0.39 is 6.10 Å². The van der Waals surface area contributed by atoms with Crippen LogP contribution in [0.5, 0.6) is 5.75 Å². The summed E-state index contributed by atoms with van der Waals surface area (Å²) >= 11 is 0. The van der Waals surface area contributed by atoms with E-state index in [0.29, 0.717) is 18.6 Å². The van der Waals surface area contributed by atoms with Gasteiger partial charge in [0.2, 0.25) is 0 Å². The summed E-state index contributed by atoms with van der Waals surface area (Å²) in [5.74, 6) is 0.772. The molecule has 35 heavy (non-hydrogen) atoms. The molecule has 178 valence electrons. The molecule has 0 saturated carbocycles. The Morgan fingerprint density at radius 3 is 2.66 bits per heavy atom. The number of aromatic nitrogens is 1. The number of anilines is 1. The number of hydrogen-bond acceptors (Lipinski definition) is 5. The summed E-state index contributed by atoms with van der Waals surface area (Å²) in [5, 5.41) is 14.4. The standard InChI is InChI=1S/C30H31N3O2/c34-27(21-35-30-13-5-12-29-28(30)11-6-16-31-29)20-32-18-26-10-4-3-9-25(32)19-33(26)24-15-14-22-7-1-2-8-23(22)17-24/h1-8,11-17,25-27,34H,9-10,18-21H2/b4-3-. The molecule has 0 radical (unpaired) electrons. The van der Waals surface area contributed by atoms with Crippen molar-refractivity contribution in [3.8, 4) is 5.75 Å². The molecule has 3 aliphatic heterocycles. The third-order valence-corrected chi connectivity index (χ3v) is 7.34. The molecule has 1 aromatic heterocycles. The minimum atomic E-state index is -0.555. The van der Waals surface area contributed by atoms with Gasteiger partial charge >= 0.3 is 0 Å². The fourth-order valence-electron chi connectivity index (χ4n) is 5.55. The Hall–Kier alpha value is -3.41. The first-order chi connectivity index (χ1) is 17.2. The van der Waals surface area contributed by atoms with Gasteiger partial charge in [0.05, 0.1) is 5.52 Å². The van der Waals surface area contributed by atoms with Crippen LogP contribution in [-0.2, 0) is 0 Å². The van der Waals surface area contributed by atoms with Gasteiger partial charge in [-0.3, -0.25) is 9.88 Å². The van der Waals surface area contributed by atoms with Crippen molar-refractivity contribution < 1.29 is 9.84 Å². The third-order valence-electron chi connectivity index (χ3n) is 7.34. The summed E-state index contributed by atoms with van der Waals surface area (Å²) in [4.78, 5) is 9.43. The normalized spacial score (nSPS) is 22.1. The summed E-state index contributed by atoms with van der Waals surface area (Å²) in [5.41, 5.74) is 2.20. The Kier molecular flexibility index (Phi) is 6.11. The van der Waals surface area contributed by atoms with Gasteiger partial charge in [-0.15, -0.1) is 0 Å². The number of pyridine rings is 1. The highest BCUT2D eigenvalue weighted by Gasteiger charge is 2.35. The number of rotatable bonds is 6. The van der Waals surface area contributed by atoms with Crippen molar-refractivity contribution in [3.05, 3.63) is 91.1 Å². The fourth-order valence-corrected chi connectivity index (χ4v) is 5.55. The molecule has 4 heterocycles. The first-order valence-corrected chi connectivity index (χ1v) is 12.5. The van der Waals surface area contributed by atoms with E-state index in [-0.39, 0.29) is 6.61 Å². The molecule has 1 saturated heterocycles. The lowest BCUT2D eigenvalue weighted by molar-refractivity contribution is 0.0409. The average molecular weight is 466 g/mol. The van der Waals surface area contributed by atoms with Gasteiger partial charge in [-0.1, -0.05) is 48.6 Å². The second-order valence-corrected chi connectivity index (χ2v) is 9.68. The Labute approximate surface area is 206 Å². The minimum absolute atomic E-state index is 0.270. The largest absolute Gasteiger partial charge is 0.490 e. The zero-order chi connectivity index (χ0) is 23.6. The number of fused-ring (bicyclic) bond motifs is 6. The minimum Gasteiger partial charge on any atom is -0.490 e. The molecule has 5 nitrogen and oxygen atoms in total. The predicted molar refractivity (Wildman–Crippen MR) is 142 cm³/mol. The third kappa shape index (κ3) is 4.62. The van der Waals surface area contributed by atoms with Crippen LogP contribution in [0.3, 0.4) is 0 Å². The zero-order valence-electron chi connectivity index (χ0n) is 19.8. The predicted octanol–water partition coefficient (Wildman–Crippen LogP) is 5.04. The van der Waals surface area contributed by atoms with Crippen molar-refractivity contribution in [2.75, 3.05) is 31.1 Å². The highest BCUT2D eigenvalue weighted by molar-refractivity contribution is 5.86. The lowest BCUT2D eigenvalue weighted by atomic mass is 9.96. The van der Waals surface area contributed by atoms with Crippen LogP contribution in [0.25, 0.3) is 21.7 Å². The van der Waals surface area contributed by atoms with E-state index in [4.69, 9.17) is 4.74 Å². The maximum atomic E-state index is 10.9. The van der Waals surface area contributed by atoms with E-state index in [1.54, 1.807) is 6.20 Å². The van der Waals surface area contributed by atoms with Crippen molar-refractivity contribution in [1.82, 2.24) is 9.88 Å². The number of hydrogen-bond donors (Lipinski definition) is 1. The summed E-state index contributed by atoms with van der Waals surface area (Å²) in [6.45, 7) is 2.79. The van der Waals surface area contributed by atoms with E-state index >= 15 is 0 Å². The van der Waals surface area contributed by atoms with Gasteiger partial charge < -0.3 is 14.7 Å². The molecule has 0 spiro atoms. The molecule has 3 aliphatic rings. The molecule has 0 amide bonds. The first kappa shape index (κ1) is 22.1. The smallest absolute Gasteiger partial charge is 0.128 e. The van der Waals surface area contributed by atoms with E-state index in [2.05, 4.69) is 69.4 Å². The van der Waals surface area contributed by atoms with Crippen LogP contribution in [-0.4, -0.2) is 59.4 Å². The van der Waals surface area contributed by atoms with Crippen LogP contribution in [0, 0.1) is 0 Å². The molecule has 5 heteroatoms. The van der Waals surface area contributed by atoms with Crippen molar-refractivity contribution in [1.29, 1.82) is 0 Å². The van der Waals surface area contributed by atoms with Crippen LogP contribution in [0.2, 0.25) is 0 Å². The van der Waals surface area contributed by atoms with Crippen molar-refractivity contribution >= 4 is 27.4 Å². The number of aliphatic hydroxyl groups excluding tert-OH is 1. The molecule has 0 aliphatic carbocycles. The van der Waals surface area contributed by atoms with Gasteiger partial charge in [-0.25, -0.2) is 0 Å². The Balaban J connectivity index is 1.14. The highest BCUT2D eigenvalue weighted by atomic mass is 16.5. The van der Waals surface area contributed by atoms with E-state index in [9.17, 15) is 5.11 Å². The maximum absolute atomic E-state index is 10.9. The maximum Gasteiger partial charge on any atom is 0.128 e. The number of nitrogens with zero attached hydrogens (tertiary/aromatic N) is 3. The first-order valence-electron chi connectivity index (χ1n) is 12.5. The molecule has 1 fully saturated rings. The van der Waals surface area contributed by atoms with E-state index in [0.717, 1.165) is 42.6 Å². The lowest BCUT2D eigenvalue weighted by Crippen LogP contribution is -2.60. The van der Waals surface area contributed by atoms with Crippen LogP contribution in [0.4, 0.5) is 5.69 Å². The lowest BCUT2D eigenvalue weighted by Gasteiger charge is -2.48. The highest BCUT2D eigenvalue weighted by Crippen LogP contribution is 2.31. The number of ether oxygens (including phenoxy) is 1. The van der Waals surface area contributed by atoms with Gasteiger partial charge in [-0.2, -0.15) is 0 Å². The quantitative estimate of drug-likeness (QED) is 0.405. The topological polar surface area (TPSA) is 48.8 Å². The zero-order valence-corrected chi connectivity index (χ0v) is 19.8. The molecule has 3 unspecified atom stereocenters. The second-order valence-electron chi connectivity index (χ2n) is 9.68. The molecule has 7 rings (SSSR count). The van der Waals surface area contributed by atoms with Gasteiger partial charge in [-0.05, 0) is 60.0 Å². The molecule has 3 aromatic carbocycles. The van der Waals surface area contributed by atoms with Crippen LogP contribution >= 0.6 is 0 Å². The Morgan fingerprint density at radius 2 is 1.74 bits per heavy atom. The fraction of sp³-hybridized carbons (Fsp3) is 0.300. The van der Waals surface area contributed by atoms with Gasteiger partial charge in [0, 0.05) is 49.0 Å². The van der Waals surface area contributed by atoms with Gasteiger partial charge in [0.1, 0.15) is 18.5 Å². The van der Waals surface area contributed by atoms with Crippen molar-refractivity contribution in [2.45, 2.75) is 31.0 Å². The number of piperazine rings is 1. The van der Waals surface area contributed by atoms with E-state index in [1.165, 1.54) is 16.5 Å². The monoisotopic (exact) mass is 465 g/mol. The summed E-state index contributed by atoms with van der Waals surface area (Å²) < 4.78 is 6.05. The second kappa shape index (κ2) is 9.68. The summed E-state index contributed by atoms with van der Waals surface area (Å²) in [6, 6.07) is 25.9. The summed E-state index contributed by atoms with van der Waals surface area (Å²) in [7, 11) is 0. The Bertz CT molecular complexity index is 1350. The SMILES string of the molecule is OC(COc1cccc2ncccc12)CN1CC2C/C=C\CC1CN2c1ccc2ccccc2c1. The molecule has 3 atom stereocenters. The molecule has 1 N–H and O–H groups in total.